The molecule has 2 fully saturated rings. The molecule has 0 N–H and O–H groups in total. The first kappa shape index (κ1) is 19.2. The minimum atomic E-state index is -3.61. The van der Waals surface area contributed by atoms with Gasteiger partial charge in [-0.25, -0.2) is 26.8 Å². The lowest BCUT2D eigenvalue weighted by Gasteiger charge is -2.19. The number of imidazole rings is 1. The fourth-order valence-corrected chi connectivity index (χ4v) is 8.91. The molecule has 154 valence electrons. The summed E-state index contributed by atoms with van der Waals surface area (Å²) in [4.78, 5) is 8.47. The Morgan fingerprint density at radius 2 is 1.79 bits per heavy atom. The average Bonchev–Trinajstić information content (AvgIpc) is 3.43. The number of aromatic nitrogens is 3. The summed E-state index contributed by atoms with van der Waals surface area (Å²) in [6.07, 6.45) is 4.05. The van der Waals surface area contributed by atoms with Crippen LogP contribution in [0.5, 0.6) is 0 Å². The number of sulfone groups is 1. The maximum Gasteiger partial charge on any atom is 0.243 e. The zero-order chi connectivity index (χ0) is 20.4. The quantitative estimate of drug-likeness (QED) is 0.599. The average molecular weight is 453 g/mol. The van der Waals surface area contributed by atoms with Crippen LogP contribution in [0, 0.1) is 11.8 Å². The molecule has 0 radical (unpaired) electrons. The van der Waals surface area contributed by atoms with E-state index in [9.17, 15) is 16.8 Å². The lowest BCUT2D eigenvalue weighted by atomic mass is 10.0. The van der Waals surface area contributed by atoms with E-state index in [1.54, 1.807) is 37.0 Å². The molecule has 3 heterocycles. The summed E-state index contributed by atoms with van der Waals surface area (Å²) in [6.45, 7) is 0.723. The number of hydrogen-bond donors (Lipinski definition) is 0. The minimum Gasteiger partial charge on any atom is -0.325 e. The number of hydrogen-bond acceptors (Lipinski definition) is 7. The number of sulfonamides is 1. The molecular weight excluding hydrogens is 432 g/mol. The third-order valence-electron chi connectivity index (χ3n) is 6.09. The molecule has 1 aromatic carbocycles. The van der Waals surface area contributed by atoms with Gasteiger partial charge in [0.25, 0.3) is 0 Å². The second-order valence-corrected chi connectivity index (χ2v) is 12.7. The Kier molecular flexibility index (Phi) is 4.36. The van der Waals surface area contributed by atoms with Crippen molar-refractivity contribution in [1.82, 2.24) is 18.8 Å². The van der Waals surface area contributed by atoms with Gasteiger partial charge in [0.2, 0.25) is 25.0 Å². The number of nitrogens with zero attached hydrogens (tertiary/aromatic N) is 4. The van der Waals surface area contributed by atoms with E-state index in [1.165, 1.54) is 26.4 Å². The number of benzene rings is 1. The van der Waals surface area contributed by atoms with Gasteiger partial charge in [-0.1, -0.05) is 0 Å². The Morgan fingerprint density at radius 1 is 1.07 bits per heavy atom. The smallest absolute Gasteiger partial charge is 0.243 e. The van der Waals surface area contributed by atoms with E-state index in [4.69, 9.17) is 0 Å². The van der Waals surface area contributed by atoms with Crippen LogP contribution in [0.2, 0.25) is 0 Å². The molecule has 3 aromatic rings. The maximum atomic E-state index is 13.1. The molecule has 1 aliphatic carbocycles. The first-order valence-corrected chi connectivity index (χ1v) is 13.2. The number of thiazole rings is 1. The van der Waals surface area contributed by atoms with Crippen LogP contribution < -0.4 is 0 Å². The molecule has 0 amide bonds. The Morgan fingerprint density at radius 3 is 2.45 bits per heavy atom. The highest BCUT2D eigenvalue weighted by molar-refractivity contribution is 7.91. The van der Waals surface area contributed by atoms with Crippen molar-refractivity contribution in [2.45, 2.75) is 28.1 Å². The van der Waals surface area contributed by atoms with Crippen molar-refractivity contribution in [1.29, 1.82) is 0 Å². The summed E-state index contributed by atoms with van der Waals surface area (Å²) in [5, 5.41) is -0.415. The Hall–Kier alpha value is -1.82. The van der Waals surface area contributed by atoms with Crippen molar-refractivity contribution in [2.24, 2.45) is 18.9 Å². The van der Waals surface area contributed by atoms with Gasteiger partial charge in [-0.15, -0.1) is 11.3 Å². The van der Waals surface area contributed by atoms with Gasteiger partial charge in [0.15, 0.2) is 0 Å². The summed E-state index contributed by atoms with van der Waals surface area (Å²) >= 11 is 1.41. The van der Waals surface area contributed by atoms with Gasteiger partial charge in [-0.05, 0) is 42.9 Å². The van der Waals surface area contributed by atoms with Crippen LogP contribution >= 0.6 is 11.3 Å². The van der Waals surface area contributed by atoms with E-state index in [-0.39, 0.29) is 21.9 Å². The molecule has 8 nitrogen and oxygen atoms in total. The van der Waals surface area contributed by atoms with E-state index in [0.717, 1.165) is 10.2 Å². The molecule has 29 heavy (non-hydrogen) atoms. The van der Waals surface area contributed by atoms with Crippen LogP contribution in [0.4, 0.5) is 0 Å². The fourth-order valence-electron chi connectivity index (χ4n) is 4.57. The Balaban J connectivity index is 1.35. The summed E-state index contributed by atoms with van der Waals surface area (Å²) < 4.78 is 56.0. The van der Waals surface area contributed by atoms with E-state index in [0.29, 0.717) is 25.9 Å². The van der Waals surface area contributed by atoms with Crippen LogP contribution in [0.1, 0.15) is 12.8 Å². The lowest BCUT2D eigenvalue weighted by molar-refractivity contribution is 0.444. The topological polar surface area (TPSA) is 102 Å². The number of rotatable bonds is 4. The van der Waals surface area contributed by atoms with Crippen molar-refractivity contribution in [3.8, 4) is 0 Å². The summed E-state index contributed by atoms with van der Waals surface area (Å²) in [6, 6.07) is 5.00. The highest BCUT2D eigenvalue weighted by Crippen LogP contribution is 2.43. The van der Waals surface area contributed by atoms with Crippen LogP contribution in [0.25, 0.3) is 10.2 Å². The molecule has 1 saturated carbocycles. The molecule has 2 aromatic heterocycles. The summed E-state index contributed by atoms with van der Waals surface area (Å²) in [5.41, 5.74) is 2.48. The van der Waals surface area contributed by atoms with Crippen molar-refractivity contribution < 1.29 is 16.8 Å². The fraction of sp³-hybridized carbons (Fsp3) is 0.444. The van der Waals surface area contributed by atoms with Crippen LogP contribution in [0.15, 0.2) is 46.2 Å². The van der Waals surface area contributed by atoms with Gasteiger partial charge in [-0.3, -0.25) is 0 Å². The predicted molar refractivity (Wildman–Crippen MR) is 109 cm³/mol. The van der Waals surface area contributed by atoms with Crippen molar-refractivity contribution in [3.63, 3.8) is 0 Å². The predicted octanol–water partition coefficient (Wildman–Crippen LogP) is 1.90. The Labute approximate surface area is 173 Å². The molecule has 1 saturated heterocycles. The molecule has 11 heteroatoms. The molecular formula is C18H20N4O4S3. The number of fused-ring (bicyclic) bond motifs is 2. The van der Waals surface area contributed by atoms with E-state index >= 15 is 0 Å². The largest absolute Gasteiger partial charge is 0.325 e. The normalized spacial score (nSPS) is 25.6. The summed E-state index contributed by atoms with van der Waals surface area (Å²) in [5.74, 6) is 0.105. The second kappa shape index (κ2) is 6.59. The molecule has 3 atom stereocenters. The SMILES string of the molecule is Cn1ccnc1S(=O)(=O)C1C[C@@H]2CN(S(=O)(=O)c3ccc4ncsc4c3)C[C@@H]2C1. The van der Waals surface area contributed by atoms with E-state index in [1.807, 2.05) is 0 Å². The highest BCUT2D eigenvalue weighted by Gasteiger charge is 2.49. The first-order valence-electron chi connectivity index (χ1n) is 9.31. The molecule has 0 spiro atoms. The van der Waals surface area contributed by atoms with Crippen LogP contribution in [0.3, 0.4) is 0 Å². The molecule has 1 unspecified atom stereocenters. The lowest BCUT2D eigenvalue weighted by Crippen LogP contribution is -2.31. The van der Waals surface area contributed by atoms with Gasteiger partial charge in [0.1, 0.15) is 0 Å². The van der Waals surface area contributed by atoms with Gasteiger partial charge in [0, 0.05) is 32.5 Å². The van der Waals surface area contributed by atoms with Gasteiger partial charge in [0.05, 0.1) is 25.9 Å². The molecule has 2 aliphatic rings. The van der Waals surface area contributed by atoms with Crippen molar-refractivity contribution in [3.05, 3.63) is 36.1 Å². The van der Waals surface area contributed by atoms with Gasteiger partial charge >= 0.3 is 0 Å². The zero-order valence-corrected chi connectivity index (χ0v) is 18.1. The second-order valence-electron chi connectivity index (χ2n) is 7.78. The Bertz CT molecular complexity index is 1280. The molecule has 5 rings (SSSR count). The zero-order valence-electron chi connectivity index (χ0n) is 15.7. The summed E-state index contributed by atoms with van der Waals surface area (Å²) in [7, 11) is -5.45. The molecule has 1 aliphatic heterocycles. The third-order valence-corrected chi connectivity index (χ3v) is 10.9. The number of aryl methyl sites for hydroxylation is 1. The van der Waals surface area contributed by atoms with Gasteiger partial charge in [-0.2, -0.15) is 4.31 Å². The van der Waals surface area contributed by atoms with Crippen LogP contribution in [-0.4, -0.2) is 54.0 Å². The standard InChI is InChI=1S/C18H20N4O4S3/c1-21-5-4-19-18(21)28(23,24)15-6-12-9-22(10-13(12)7-15)29(25,26)14-2-3-16-17(8-14)27-11-20-16/h2-5,8,11-13,15H,6-7,9-10H2,1H3/t12-,13+,15?. The van der Waals surface area contributed by atoms with Gasteiger partial charge < -0.3 is 4.57 Å². The maximum absolute atomic E-state index is 13.1. The highest BCUT2D eigenvalue weighted by atomic mass is 32.2. The van der Waals surface area contributed by atoms with Crippen molar-refractivity contribution >= 4 is 41.4 Å². The van der Waals surface area contributed by atoms with Crippen LogP contribution in [-0.2, 0) is 26.9 Å². The first-order chi connectivity index (χ1) is 13.8. The van der Waals surface area contributed by atoms with E-state index < -0.39 is 25.1 Å². The minimum absolute atomic E-state index is 0.0527. The van der Waals surface area contributed by atoms with E-state index in [2.05, 4.69) is 9.97 Å². The van der Waals surface area contributed by atoms with Crippen molar-refractivity contribution in [2.75, 3.05) is 13.1 Å². The molecule has 0 bridgehead atoms. The monoisotopic (exact) mass is 452 g/mol. The third kappa shape index (κ3) is 3.02.